The van der Waals surface area contributed by atoms with Crippen LogP contribution in [0.15, 0.2) is 126 Å². The van der Waals surface area contributed by atoms with E-state index in [9.17, 15) is 0 Å². The molecule has 0 bridgehead atoms. The molecular weight excluding hydrogens is 476 g/mol. The van der Waals surface area contributed by atoms with Crippen LogP contribution in [0.5, 0.6) is 0 Å². The summed E-state index contributed by atoms with van der Waals surface area (Å²) < 4.78 is 6.54. The van der Waals surface area contributed by atoms with Crippen LogP contribution >= 0.6 is 0 Å². The molecule has 2 heterocycles. The summed E-state index contributed by atoms with van der Waals surface area (Å²) in [5.74, 6) is 0. The van der Waals surface area contributed by atoms with E-state index in [0.29, 0.717) is 0 Å². The number of benzene rings is 7. The molecule has 0 atom stereocenters. The van der Waals surface area contributed by atoms with E-state index in [4.69, 9.17) is 14.4 Å². The minimum Gasteiger partial charge on any atom is -0.456 e. The summed E-state index contributed by atoms with van der Waals surface area (Å²) in [5.41, 5.74) is 7.30. The van der Waals surface area contributed by atoms with Crippen LogP contribution in [0.4, 0.5) is 0 Å². The van der Waals surface area contributed by atoms with E-state index in [1.807, 2.05) is 42.5 Å². The van der Waals surface area contributed by atoms with Gasteiger partial charge in [0.15, 0.2) is 0 Å². The molecule has 0 aliphatic carbocycles. The molecule has 2 aromatic heterocycles. The van der Waals surface area contributed by atoms with E-state index in [0.717, 1.165) is 44.7 Å². The van der Waals surface area contributed by atoms with E-state index in [2.05, 4.69) is 78.9 Å². The molecular formula is C36H20N2O. The maximum absolute atomic E-state index is 6.54. The van der Waals surface area contributed by atoms with Crippen molar-refractivity contribution in [2.24, 2.45) is 0 Å². The topological polar surface area (TPSA) is 38.9 Å². The van der Waals surface area contributed by atoms with E-state index >= 15 is 0 Å². The van der Waals surface area contributed by atoms with Crippen LogP contribution in [0.3, 0.4) is 0 Å². The molecule has 180 valence electrons. The molecule has 0 fully saturated rings. The van der Waals surface area contributed by atoms with Gasteiger partial charge in [0.2, 0.25) is 0 Å². The van der Waals surface area contributed by atoms with Gasteiger partial charge in [-0.2, -0.15) is 0 Å². The van der Waals surface area contributed by atoms with Crippen molar-refractivity contribution in [3.8, 4) is 22.5 Å². The second kappa shape index (κ2) is 7.62. The van der Waals surface area contributed by atoms with Crippen molar-refractivity contribution in [3.63, 3.8) is 0 Å². The molecule has 0 aliphatic heterocycles. The highest BCUT2D eigenvalue weighted by Crippen LogP contribution is 2.46. The normalized spacial score (nSPS) is 12.1. The van der Waals surface area contributed by atoms with Gasteiger partial charge in [-0.05, 0) is 62.6 Å². The van der Waals surface area contributed by atoms with E-state index in [1.165, 1.54) is 43.1 Å². The Balaban J connectivity index is 1.47. The van der Waals surface area contributed by atoms with E-state index in [1.54, 1.807) is 0 Å². The Hall–Kier alpha value is -5.28. The third-order valence-corrected chi connectivity index (χ3v) is 7.98. The third kappa shape index (κ3) is 2.87. The standard InChI is InChI=1S/C36H20N2O/c1-2-10-22(11-3-1)35-36(38-29-15-7-6-14-28(29)37-35)23-19-27-25-18-17-21-9-4-5-12-24(21)32(25)26-13-8-16-30-33(26)34(27)31(20-23)39-30/h1-20H. The molecule has 0 amide bonds. The summed E-state index contributed by atoms with van der Waals surface area (Å²) >= 11 is 0. The van der Waals surface area contributed by atoms with Gasteiger partial charge in [-0.3, -0.25) is 0 Å². The fraction of sp³-hybridized carbons (Fsp3) is 0. The van der Waals surface area contributed by atoms with Crippen LogP contribution in [0.25, 0.3) is 87.8 Å². The number of nitrogens with zero attached hydrogens (tertiary/aromatic N) is 2. The molecule has 9 aromatic rings. The molecule has 0 radical (unpaired) electrons. The molecule has 3 nitrogen and oxygen atoms in total. The summed E-state index contributed by atoms with van der Waals surface area (Å²) in [6.45, 7) is 0. The number of hydrogen-bond donors (Lipinski definition) is 0. The van der Waals surface area contributed by atoms with E-state index in [-0.39, 0.29) is 0 Å². The Bertz CT molecular complexity index is 2390. The lowest BCUT2D eigenvalue weighted by Crippen LogP contribution is -1.95. The van der Waals surface area contributed by atoms with Gasteiger partial charge in [0.05, 0.1) is 22.4 Å². The minimum atomic E-state index is 0.853. The van der Waals surface area contributed by atoms with Crippen LogP contribution in [0.2, 0.25) is 0 Å². The molecule has 0 unspecified atom stereocenters. The fourth-order valence-electron chi connectivity index (χ4n) is 6.29. The second-order valence-corrected chi connectivity index (χ2v) is 10.2. The van der Waals surface area contributed by atoms with E-state index < -0.39 is 0 Å². The van der Waals surface area contributed by atoms with Crippen molar-refractivity contribution in [3.05, 3.63) is 121 Å². The van der Waals surface area contributed by atoms with Crippen LogP contribution in [-0.2, 0) is 0 Å². The van der Waals surface area contributed by atoms with Gasteiger partial charge in [-0.25, -0.2) is 9.97 Å². The van der Waals surface area contributed by atoms with Crippen molar-refractivity contribution in [1.29, 1.82) is 0 Å². The molecule has 39 heavy (non-hydrogen) atoms. The van der Waals surface area contributed by atoms with Gasteiger partial charge in [0.1, 0.15) is 11.2 Å². The van der Waals surface area contributed by atoms with Gasteiger partial charge < -0.3 is 4.42 Å². The number of fused-ring (bicyclic) bond motifs is 6. The lowest BCUT2D eigenvalue weighted by molar-refractivity contribution is 0.669. The smallest absolute Gasteiger partial charge is 0.136 e. The summed E-state index contributed by atoms with van der Waals surface area (Å²) in [7, 11) is 0. The molecule has 0 saturated heterocycles. The number of hydrogen-bond acceptors (Lipinski definition) is 3. The third-order valence-electron chi connectivity index (χ3n) is 7.98. The summed E-state index contributed by atoms with van der Waals surface area (Å²) in [5, 5.41) is 9.73. The molecule has 9 rings (SSSR count). The molecule has 3 heteroatoms. The Morgan fingerprint density at radius 1 is 0.410 bits per heavy atom. The van der Waals surface area contributed by atoms with Gasteiger partial charge in [0.25, 0.3) is 0 Å². The summed E-state index contributed by atoms with van der Waals surface area (Å²) in [6.07, 6.45) is 0. The first kappa shape index (κ1) is 20.7. The van der Waals surface area contributed by atoms with Crippen molar-refractivity contribution < 1.29 is 4.42 Å². The zero-order chi connectivity index (χ0) is 25.5. The predicted molar refractivity (Wildman–Crippen MR) is 161 cm³/mol. The van der Waals surface area contributed by atoms with Crippen molar-refractivity contribution >= 4 is 65.3 Å². The quantitative estimate of drug-likeness (QED) is 0.224. The highest BCUT2D eigenvalue weighted by atomic mass is 16.3. The van der Waals surface area contributed by atoms with Crippen LogP contribution < -0.4 is 0 Å². The molecule has 0 N–H and O–H groups in total. The lowest BCUT2D eigenvalue weighted by Gasteiger charge is -2.14. The zero-order valence-electron chi connectivity index (χ0n) is 20.8. The van der Waals surface area contributed by atoms with Gasteiger partial charge in [-0.1, -0.05) is 91.0 Å². The molecule has 7 aromatic carbocycles. The maximum Gasteiger partial charge on any atom is 0.136 e. The SMILES string of the molecule is c1ccc(-c2nc3ccccc3nc2-c2cc3oc4cccc5c6c7ccccc7ccc6c(c2)c3c45)cc1. The van der Waals surface area contributed by atoms with Crippen molar-refractivity contribution in [2.45, 2.75) is 0 Å². The highest BCUT2D eigenvalue weighted by Gasteiger charge is 2.21. The predicted octanol–water partition coefficient (Wildman–Crippen LogP) is 9.76. The number of rotatable bonds is 2. The number of furan rings is 1. The Morgan fingerprint density at radius 2 is 1.10 bits per heavy atom. The van der Waals surface area contributed by atoms with Crippen LogP contribution in [0, 0.1) is 0 Å². The van der Waals surface area contributed by atoms with Crippen LogP contribution in [0.1, 0.15) is 0 Å². The monoisotopic (exact) mass is 496 g/mol. The largest absolute Gasteiger partial charge is 0.456 e. The van der Waals surface area contributed by atoms with Gasteiger partial charge in [-0.15, -0.1) is 0 Å². The van der Waals surface area contributed by atoms with Gasteiger partial charge >= 0.3 is 0 Å². The Kier molecular flexibility index (Phi) is 4.05. The zero-order valence-corrected chi connectivity index (χ0v) is 20.8. The fourth-order valence-corrected chi connectivity index (χ4v) is 6.29. The summed E-state index contributed by atoms with van der Waals surface area (Å²) in [4.78, 5) is 10.3. The Labute approximate surface area is 223 Å². The number of para-hydroxylation sites is 2. The first-order valence-corrected chi connectivity index (χ1v) is 13.2. The Morgan fingerprint density at radius 3 is 1.95 bits per heavy atom. The average molecular weight is 497 g/mol. The van der Waals surface area contributed by atoms with Crippen molar-refractivity contribution in [2.75, 3.05) is 0 Å². The first-order valence-electron chi connectivity index (χ1n) is 13.2. The molecule has 0 saturated carbocycles. The maximum atomic E-state index is 6.54. The highest BCUT2D eigenvalue weighted by molar-refractivity contribution is 6.37. The van der Waals surface area contributed by atoms with Crippen molar-refractivity contribution in [1.82, 2.24) is 9.97 Å². The second-order valence-electron chi connectivity index (χ2n) is 10.2. The van der Waals surface area contributed by atoms with Gasteiger partial charge in [0, 0.05) is 21.9 Å². The minimum absolute atomic E-state index is 0.853. The number of aromatic nitrogens is 2. The lowest BCUT2D eigenvalue weighted by atomic mass is 9.90. The van der Waals surface area contributed by atoms with Crippen LogP contribution in [-0.4, -0.2) is 9.97 Å². The average Bonchev–Trinajstić information content (AvgIpc) is 3.39. The first-order chi connectivity index (χ1) is 19.3. The summed E-state index contributed by atoms with van der Waals surface area (Å²) in [6, 6.07) is 42.3. The molecule has 0 aliphatic rings. The molecule has 0 spiro atoms.